The Labute approximate surface area is 151 Å². The molecule has 3 rings (SSSR count). The lowest BCUT2D eigenvalue weighted by molar-refractivity contribution is 0.0934. The molecule has 2 N–H and O–H groups in total. The second-order valence-corrected chi connectivity index (χ2v) is 8.25. The number of nitrogens with one attached hydrogen (secondary N) is 2. The smallest absolute Gasteiger partial charge is 0.270 e. The molecule has 0 saturated carbocycles. The summed E-state index contributed by atoms with van der Waals surface area (Å²) in [7, 11) is -3.08. The first kappa shape index (κ1) is 18.0. The number of hydrogen-bond donors (Lipinski definition) is 2. The number of hydrogen-bond acceptors (Lipinski definition) is 6. The van der Waals surface area contributed by atoms with Gasteiger partial charge in [0.05, 0.1) is 11.5 Å². The maximum atomic E-state index is 12.3. The van der Waals surface area contributed by atoms with Crippen LogP contribution in [0.25, 0.3) is 0 Å². The van der Waals surface area contributed by atoms with Crippen LogP contribution >= 0.6 is 0 Å². The first-order chi connectivity index (χ1) is 12.4. The molecule has 1 saturated heterocycles. The molecule has 0 radical (unpaired) electrons. The Balaban J connectivity index is 1.62. The lowest BCUT2D eigenvalue weighted by atomic mass is 10.2. The first-order valence-corrected chi connectivity index (χ1v) is 9.90. The van der Waals surface area contributed by atoms with E-state index in [0.29, 0.717) is 13.0 Å². The first-order valence-electron chi connectivity index (χ1n) is 8.08. The highest BCUT2D eigenvalue weighted by molar-refractivity contribution is 7.91. The molecule has 1 aliphatic heterocycles. The van der Waals surface area contributed by atoms with Crippen LogP contribution in [-0.4, -0.2) is 47.7 Å². The molecule has 9 heteroatoms. The lowest BCUT2D eigenvalue weighted by Crippen LogP contribution is -2.36. The Kier molecular flexibility index (Phi) is 5.27. The number of nitrogens with zero attached hydrogens (tertiary/aromatic N) is 2. The SMILES string of the molecule is O=C(NCc1cccnc1)c1cccc(C(=O)NC2CCS(=O)(=O)C2)n1. The number of amides is 2. The van der Waals surface area contributed by atoms with Crippen molar-refractivity contribution in [1.82, 2.24) is 20.6 Å². The normalized spacial score (nSPS) is 18.2. The standard InChI is InChI=1S/C17H18N4O4S/c22-16(19-10-12-3-2-7-18-9-12)14-4-1-5-15(21-14)17(23)20-13-6-8-26(24,25)11-13/h1-5,7,9,13H,6,8,10-11H2,(H,19,22)(H,20,23). The zero-order valence-electron chi connectivity index (χ0n) is 13.9. The van der Waals surface area contributed by atoms with Crippen LogP contribution in [0.2, 0.25) is 0 Å². The van der Waals surface area contributed by atoms with Gasteiger partial charge in [-0.1, -0.05) is 12.1 Å². The van der Waals surface area contributed by atoms with Gasteiger partial charge in [0.1, 0.15) is 11.4 Å². The third-order valence-electron chi connectivity index (χ3n) is 3.96. The van der Waals surface area contributed by atoms with Crippen molar-refractivity contribution in [3.8, 4) is 0 Å². The number of rotatable bonds is 5. The van der Waals surface area contributed by atoms with E-state index >= 15 is 0 Å². The van der Waals surface area contributed by atoms with Crippen LogP contribution in [0.4, 0.5) is 0 Å². The Morgan fingerprint density at radius 1 is 1.12 bits per heavy atom. The van der Waals surface area contributed by atoms with Crippen LogP contribution in [0, 0.1) is 0 Å². The number of aromatic nitrogens is 2. The van der Waals surface area contributed by atoms with Gasteiger partial charge in [-0.05, 0) is 30.2 Å². The molecule has 0 bridgehead atoms. The molecule has 3 heterocycles. The Hall–Kier alpha value is -2.81. The lowest BCUT2D eigenvalue weighted by Gasteiger charge is -2.11. The van der Waals surface area contributed by atoms with Crippen LogP contribution in [-0.2, 0) is 16.4 Å². The minimum Gasteiger partial charge on any atom is -0.347 e. The third kappa shape index (κ3) is 4.63. The fourth-order valence-corrected chi connectivity index (χ4v) is 4.30. The summed E-state index contributed by atoms with van der Waals surface area (Å²) in [4.78, 5) is 32.5. The summed E-state index contributed by atoms with van der Waals surface area (Å²) in [5.74, 6) is -0.896. The molecule has 8 nitrogen and oxygen atoms in total. The highest BCUT2D eigenvalue weighted by atomic mass is 32.2. The maximum absolute atomic E-state index is 12.3. The van der Waals surface area contributed by atoms with Gasteiger partial charge in [-0.25, -0.2) is 13.4 Å². The summed E-state index contributed by atoms with van der Waals surface area (Å²) in [5, 5.41) is 5.37. The number of carbonyl (C=O) groups excluding carboxylic acids is 2. The fourth-order valence-electron chi connectivity index (χ4n) is 2.63. The largest absolute Gasteiger partial charge is 0.347 e. The van der Waals surface area contributed by atoms with Gasteiger partial charge in [0, 0.05) is 25.0 Å². The summed E-state index contributed by atoms with van der Waals surface area (Å²) >= 11 is 0. The van der Waals surface area contributed by atoms with Crippen molar-refractivity contribution in [2.24, 2.45) is 0 Å². The van der Waals surface area contributed by atoms with Gasteiger partial charge in [0.2, 0.25) is 0 Å². The number of sulfone groups is 1. The van der Waals surface area contributed by atoms with E-state index in [-0.39, 0.29) is 22.9 Å². The number of pyridine rings is 2. The predicted molar refractivity (Wildman–Crippen MR) is 94.2 cm³/mol. The van der Waals surface area contributed by atoms with Crippen molar-refractivity contribution in [1.29, 1.82) is 0 Å². The molecular weight excluding hydrogens is 356 g/mol. The predicted octanol–water partition coefficient (Wildman–Crippen LogP) is 0.324. The fraction of sp³-hybridized carbons (Fsp3) is 0.294. The van der Waals surface area contributed by atoms with E-state index in [9.17, 15) is 18.0 Å². The molecule has 2 amide bonds. The number of carbonyl (C=O) groups is 2. The van der Waals surface area contributed by atoms with E-state index in [1.54, 1.807) is 24.5 Å². The van der Waals surface area contributed by atoms with E-state index in [2.05, 4.69) is 20.6 Å². The Morgan fingerprint density at radius 3 is 2.54 bits per heavy atom. The van der Waals surface area contributed by atoms with Crippen molar-refractivity contribution in [2.45, 2.75) is 19.0 Å². The molecule has 2 aromatic rings. The highest BCUT2D eigenvalue weighted by Crippen LogP contribution is 2.12. The zero-order chi connectivity index (χ0) is 18.6. The van der Waals surface area contributed by atoms with Crippen LogP contribution in [0.15, 0.2) is 42.7 Å². The Bertz CT molecular complexity index is 915. The molecule has 136 valence electrons. The second-order valence-electron chi connectivity index (χ2n) is 6.03. The molecule has 1 atom stereocenters. The average Bonchev–Trinajstić information content (AvgIpc) is 2.99. The summed E-state index contributed by atoms with van der Waals surface area (Å²) in [5.41, 5.74) is 1.03. The van der Waals surface area contributed by atoms with Crippen LogP contribution in [0.5, 0.6) is 0 Å². The van der Waals surface area contributed by atoms with E-state index < -0.39 is 27.7 Å². The summed E-state index contributed by atoms with van der Waals surface area (Å²) < 4.78 is 22.9. The topological polar surface area (TPSA) is 118 Å². The van der Waals surface area contributed by atoms with E-state index in [0.717, 1.165) is 5.56 Å². The molecule has 2 aromatic heterocycles. The zero-order valence-corrected chi connectivity index (χ0v) is 14.7. The molecule has 0 spiro atoms. The minimum absolute atomic E-state index is 0.0654. The van der Waals surface area contributed by atoms with Crippen molar-refractivity contribution < 1.29 is 18.0 Å². The molecule has 0 aromatic carbocycles. The molecule has 1 unspecified atom stereocenters. The summed E-state index contributed by atoms with van der Waals surface area (Å²) in [6.45, 7) is 0.296. The van der Waals surface area contributed by atoms with Crippen LogP contribution in [0.3, 0.4) is 0 Å². The second kappa shape index (κ2) is 7.61. The maximum Gasteiger partial charge on any atom is 0.270 e. The van der Waals surface area contributed by atoms with Crippen molar-refractivity contribution in [2.75, 3.05) is 11.5 Å². The van der Waals surface area contributed by atoms with Gasteiger partial charge in [0.25, 0.3) is 11.8 Å². The van der Waals surface area contributed by atoms with Gasteiger partial charge in [-0.3, -0.25) is 14.6 Å². The molecule has 0 aliphatic carbocycles. The van der Waals surface area contributed by atoms with Crippen molar-refractivity contribution in [3.63, 3.8) is 0 Å². The monoisotopic (exact) mass is 374 g/mol. The third-order valence-corrected chi connectivity index (χ3v) is 5.73. The van der Waals surface area contributed by atoms with Gasteiger partial charge in [-0.15, -0.1) is 0 Å². The molecule has 26 heavy (non-hydrogen) atoms. The van der Waals surface area contributed by atoms with Crippen molar-refractivity contribution >= 4 is 21.7 Å². The Morgan fingerprint density at radius 2 is 1.88 bits per heavy atom. The van der Waals surface area contributed by atoms with E-state index in [1.165, 1.54) is 12.1 Å². The molecular formula is C17H18N4O4S. The highest BCUT2D eigenvalue weighted by Gasteiger charge is 2.29. The molecule has 1 fully saturated rings. The van der Waals surface area contributed by atoms with Crippen LogP contribution < -0.4 is 10.6 Å². The van der Waals surface area contributed by atoms with E-state index in [4.69, 9.17) is 0 Å². The van der Waals surface area contributed by atoms with Gasteiger partial charge >= 0.3 is 0 Å². The summed E-state index contributed by atoms with van der Waals surface area (Å²) in [6.07, 6.45) is 3.68. The van der Waals surface area contributed by atoms with Crippen molar-refractivity contribution in [3.05, 3.63) is 59.7 Å². The quantitative estimate of drug-likeness (QED) is 0.778. The minimum atomic E-state index is -3.08. The average molecular weight is 374 g/mol. The van der Waals surface area contributed by atoms with Crippen LogP contribution in [0.1, 0.15) is 33.0 Å². The molecule has 1 aliphatic rings. The summed E-state index contributed by atoms with van der Waals surface area (Å²) in [6, 6.07) is 7.74. The van der Waals surface area contributed by atoms with Gasteiger partial charge in [-0.2, -0.15) is 0 Å². The van der Waals surface area contributed by atoms with Gasteiger partial charge < -0.3 is 10.6 Å². The van der Waals surface area contributed by atoms with Gasteiger partial charge in [0.15, 0.2) is 9.84 Å². The van der Waals surface area contributed by atoms with E-state index in [1.807, 2.05) is 6.07 Å².